The van der Waals surface area contributed by atoms with Crippen LogP contribution in [-0.2, 0) is 0 Å². The molecule has 0 unspecified atom stereocenters. The first-order chi connectivity index (χ1) is 11.5. The summed E-state index contributed by atoms with van der Waals surface area (Å²) in [5.74, 6) is 1.25. The normalized spacial score (nSPS) is 11.9. The molecular formula is C20H26N2OS. The van der Waals surface area contributed by atoms with E-state index in [-0.39, 0.29) is 6.04 Å². The predicted molar refractivity (Wildman–Crippen MR) is 106 cm³/mol. The van der Waals surface area contributed by atoms with Gasteiger partial charge in [0.05, 0.1) is 12.6 Å². The van der Waals surface area contributed by atoms with Crippen molar-refractivity contribution in [1.82, 2.24) is 5.32 Å². The highest BCUT2D eigenvalue weighted by molar-refractivity contribution is 7.80. The number of ether oxygens (including phenoxy) is 1. The van der Waals surface area contributed by atoms with E-state index in [4.69, 9.17) is 17.0 Å². The number of hydrogen-bond donors (Lipinski definition) is 2. The van der Waals surface area contributed by atoms with E-state index >= 15 is 0 Å². The fourth-order valence-electron chi connectivity index (χ4n) is 2.68. The van der Waals surface area contributed by atoms with Gasteiger partial charge in [-0.05, 0) is 55.2 Å². The summed E-state index contributed by atoms with van der Waals surface area (Å²) in [5, 5.41) is 7.32. The molecule has 0 saturated carbocycles. The van der Waals surface area contributed by atoms with Gasteiger partial charge in [0.1, 0.15) is 5.75 Å². The van der Waals surface area contributed by atoms with Crippen molar-refractivity contribution in [1.29, 1.82) is 0 Å². The van der Waals surface area contributed by atoms with Crippen LogP contribution in [0.4, 0.5) is 5.69 Å². The Kier molecular flexibility index (Phi) is 6.62. The summed E-state index contributed by atoms with van der Waals surface area (Å²) >= 11 is 5.52. The number of benzene rings is 2. The average Bonchev–Trinajstić information content (AvgIpc) is 2.54. The molecular weight excluding hydrogens is 316 g/mol. The zero-order chi connectivity index (χ0) is 17.5. The maximum Gasteiger partial charge on any atom is 0.171 e. The van der Waals surface area contributed by atoms with E-state index in [9.17, 15) is 0 Å². The molecule has 0 aliphatic heterocycles. The lowest BCUT2D eigenvalue weighted by atomic mass is 9.93. The van der Waals surface area contributed by atoms with Crippen molar-refractivity contribution in [2.24, 2.45) is 5.92 Å². The van der Waals surface area contributed by atoms with E-state index in [2.05, 4.69) is 55.7 Å². The summed E-state index contributed by atoms with van der Waals surface area (Å²) in [4.78, 5) is 0. The van der Waals surface area contributed by atoms with Gasteiger partial charge in [-0.2, -0.15) is 0 Å². The third kappa shape index (κ3) is 4.96. The fraction of sp³-hybridized carbons (Fsp3) is 0.350. The summed E-state index contributed by atoms with van der Waals surface area (Å²) in [7, 11) is 0. The maximum absolute atomic E-state index is 5.53. The summed E-state index contributed by atoms with van der Waals surface area (Å²) in [5.41, 5.74) is 3.47. The Morgan fingerprint density at radius 3 is 2.54 bits per heavy atom. The molecule has 0 fully saturated rings. The Bertz CT molecular complexity index is 685. The Morgan fingerprint density at radius 2 is 1.88 bits per heavy atom. The summed E-state index contributed by atoms with van der Waals surface area (Å²) < 4.78 is 5.53. The Hall–Kier alpha value is -2.07. The molecule has 2 N–H and O–H groups in total. The molecule has 2 aromatic rings. The third-order valence-corrected chi connectivity index (χ3v) is 4.10. The summed E-state index contributed by atoms with van der Waals surface area (Å²) in [6, 6.07) is 16.4. The quantitative estimate of drug-likeness (QED) is 0.718. The first-order valence-electron chi connectivity index (χ1n) is 8.37. The maximum atomic E-state index is 5.53. The van der Waals surface area contributed by atoms with Gasteiger partial charge in [0.2, 0.25) is 0 Å². The van der Waals surface area contributed by atoms with E-state index in [1.165, 1.54) is 11.1 Å². The highest BCUT2D eigenvalue weighted by atomic mass is 32.1. The van der Waals surface area contributed by atoms with Crippen molar-refractivity contribution in [3.8, 4) is 5.75 Å². The van der Waals surface area contributed by atoms with Crippen LogP contribution in [-0.4, -0.2) is 11.7 Å². The van der Waals surface area contributed by atoms with Crippen LogP contribution < -0.4 is 15.4 Å². The Morgan fingerprint density at radius 1 is 1.12 bits per heavy atom. The molecule has 0 saturated heterocycles. The molecule has 0 bridgehead atoms. The van der Waals surface area contributed by atoms with Gasteiger partial charge in [-0.15, -0.1) is 0 Å². The second-order valence-electron chi connectivity index (χ2n) is 6.14. The van der Waals surface area contributed by atoms with Crippen molar-refractivity contribution in [2.75, 3.05) is 11.9 Å². The van der Waals surface area contributed by atoms with E-state index in [0.29, 0.717) is 17.6 Å². The number of thiocarbonyl (C=S) groups is 1. The SMILES string of the molecule is CCOc1cccc(NC(=S)N[C@H](c2ccccc2C)C(C)C)c1. The van der Waals surface area contributed by atoms with Gasteiger partial charge in [-0.3, -0.25) is 0 Å². The van der Waals surface area contributed by atoms with Crippen molar-refractivity contribution < 1.29 is 4.74 Å². The van der Waals surface area contributed by atoms with E-state index in [1.54, 1.807) is 0 Å². The molecule has 0 spiro atoms. The van der Waals surface area contributed by atoms with Gasteiger partial charge in [0, 0.05) is 11.8 Å². The Balaban J connectivity index is 2.09. The predicted octanol–water partition coefficient (Wildman–Crippen LogP) is 5.08. The smallest absolute Gasteiger partial charge is 0.171 e. The van der Waals surface area contributed by atoms with Crippen LogP contribution in [0.3, 0.4) is 0 Å². The third-order valence-electron chi connectivity index (χ3n) is 3.88. The molecule has 4 heteroatoms. The summed E-state index contributed by atoms with van der Waals surface area (Å²) in [6.45, 7) is 9.15. The van der Waals surface area contributed by atoms with E-state index < -0.39 is 0 Å². The molecule has 0 aliphatic rings. The largest absolute Gasteiger partial charge is 0.494 e. The van der Waals surface area contributed by atoms with Crippen molar-refractivity contribution in [3.05, 3.63) is 59.7 Å². The minimum atomic E-state index is 0.168. The monoisotopic (exact) mass is 342 g/mol. The molecule has 0 radical (unpaired) electrons. The van der Waals surface area contributed by atoms with E-state index in [0.717, 1.165) is 11.4 Å². The molecule has 2 aromatic carbocycles. The molecule has 2 rings (SSSR count). The number of hydrogen-bond acceptors (Lipinski definition) is 2. The number of anilines is 1. The van der Waals surface area contributed by atoms with Crippen LogP contribution in [0, 0.1) is 12.8 Å². The first kappa shape index (κ1) is 18.3. The van der Waals surface area contributed by atoms with Gasteiger partial charge in [-0.25, -0.2) is 0 Å². The van der Waals surface area contributed by atoms with Crippen LogP contribution in [0.25, 0.3) is 0 Å². The topological polar surface area (TPSA) is 33.3 Å². The standard InChI is InChI=1S/C20H26N2OS/c1-5-23-17-11-8-10-16(13-17)21-20(24)22-19(14(2)3)18-12-7-6-9-15(18)4/h6-14,19H,5H2,1-4H3,(H2,21,22,24)/t19-/m0/s1. The summed E-state index contributed by atoms with van der Waals surface area (Å²) in [6.07, 6.45) is 0. The molecule has 0 amide bonds. The number of nitrogens with one attached hydrogen (secondary N) is 2. The lowest BCUT2D eigenvalue weighted by Crippen LogP contribution is -2.35. The van der Waals surface area contributed by atoms with E-state index in [1.807, 2.05) is 31.2 Å². The fourth-order valence-corrected chi connectivity index (χ4v) is 2.92. The molecule has 128 valence electrons. The van der Waals surface area contributed by atoms with Crippen molar-refractivity contribution >= 4 is 23.0 Å². The van der Waals surface area contributed by atoms with Crippen LogP contribution in [0.2, 0.25) is 0 Å². The molecule has 1 atom stereocenters. The highest BCUT2D eigenvalue weighted by Crippen LogP contribution is 2.25. The Labute approximate surface area is 150 Å². The second-order valence-corrected chi connectivity index (χ2v) is 6.55. The average molecular weight is 343 g/mol. The lowest BCUT2D eigenvalue weighted by Gasteiger charge is -2.26. The first-order valence-corrected chi connectivity index (χ1v) is 8.78. The lowest BCUT2D eigenvalue weighted by molar-refractivity contribution is 0.340. The van der Waals surface area contributed by atoms with Gasteiger partial charge in [-0.1, -0.05) is 44.2 Å². The molecule has 24 heavy (non-hydrogen) atoms. The van der Waals surface area contributed by atoms with Crippen LogP contribution in [0.5, 0.6) is 5.75 Å². The van der Waals surface area contributed by atoms with Crippen molar-refractivity contribution in [2.45, 2.75) is 33.7 Å². The minimum Gasteiger partial charge on any atom is -0.494 e. The van der Waals surface area contributed by atoms with Crippen molar-refractivity contribution in [3.63, 3.8) is 0 Å². The molecule has 0 aromatic heterocycles. The number of aryl methyl sites for hydroxylation is 1. The van der Waals surface area contributed by atoms with Crippen LogP contribution >= 0.6 is 12.2 Å². The molecule has 0 aliphatic carbocycles. The molecule has 3 nitrogen and oxygen atoms in total. The van der Waals surface area contributed by atoms with Gasteiger partial charge in [0.15, 0.2) is 5.11 Å². The zero-order valence-corrected chi connectivity index (χ0v) is 15.6. The number of rotatable bonds is 6. The minimum absolute atomic E-state index is 0.168. The van der Waals surface area contributed by atoms with Crippen LogP contribution in [0.1, 0.15) is 37.9 Å². The highest BCUT2D eigenvalue weighted by Gasteiger charge is 2.18. The van der Waals surface area contributed by atoms with Gasteiger partial charge < -0.3 is 15.4 Å². The van der Waals surface area contributed by atoms with Gasteiger partial charge in [0.25, 0.3) is 0 Å². The van der Waals surface area contributed by atoms with Gasteiger partial charge >= 0.3 is 0 Å². The second kappa shape index (κ2) is 8.69. The molecule has 0 heterocycles. The van der Waals surface area contributed by atoms with Crippen LogP contribution in [0.15, 0.2) is 48.5 Å². The zero-order valence-electron chi connectivity index (χ0n) is 14.8.